The summed E-state index contributed by atoms with van der Waals surface area (Å²) in [6, 6.07) is 2.28. The Bertz CT molecular complexity index is 236. The van der Waals surface area contributed by atoms with Gasteiger partial charge in [-0.3, -0.25) is 0 Å². The number of hydrogen-bond acceptors (Lipinski definition) is 1. The van der Waals surface area contributed by atoms with Gasteiger partial charge >= 0.3 is 0 Å². The molecule has 1 nitrogen and oxygen atoms in total. The van der Waals surface area contributed by atoms with Crippen molar-refractivity contribution in [1.29, 1.82) is 5.26 Å². The molecule has 0 bridgehead atoms. The molecule has 1 aliphatic rings. The number of nitrogens with zero attached hydrogens (tertiary/aromatic N) is 1. The number of halogens is 1. The summed E-state index contributed by atoms with van der Waals surface area (Å²) in [6.45, 7) is 2.08. The molecule has 2 atom stereocenters. The van der Waals surface area contributed by atoms with Crippen LogP contribution < -0.4 is 0 Å². The maximum absolute atomic E-state index is 8.80. The fourth-order valence-corrected chi connectivity index (χ4v) is 1.63. The average molecular weight is 212 g/mol. The lowest BCUT2D eigenvalue weighted by Gasteiger charge is -2.28. The van der Waals surface area contributed by atoms with Gasteiger partial charge in [-0.05, 0) is 0 Å². The normalized spacial score (nSPS) is 35.2. The summed E-state index contributed by atoms with van der Waals surface area (Å²) in [6.07, 6.45) is 7.95. The summed E-state index contributed by atoms with van der Waals surface area (Å²) in [5.41, 5.74) is -0.0243. The minimum Gasteiger partial charge on any atom is -0.198 e. The lowest BCUT2D eigenvalue weighted by molar-refractivity contribution is 0.418. The number of hydrogen-bond donors (Lipinski definition) is 0. The van der Waals surface area contributed by atoms with Crippen LogP contribution in [0.5, 0.6) is 0 Å². The van der Waals surface area contributed by atoms with E-state index in [9.17, 15) is 0 Å². The molecule has 1 aliphatic carbocycles. The Morgan fingerprint density at radius 1 is 1.64 bits per heavy atom. The van der Waals surface area contributed by atoms with Crippen molar-refractivity contribution in [3.05, 3.63) is 24.3 Å². The van der Waals surface area contributed by atoms with Crippen LogP contribution in [0.3, 0.4) is 0 Å². The molecule has 0 heterocycles. The van der Waals surface area contributed by atoms with Gasteiger partial charge in [0.1, 0.15) is 0 Å². The van der Waals surface area contributed by atoms with Crippen LogP contribution in [-0.2, 0) is 0 Å². The van der Waals surface area contributed by atoms with Gasteiger partial charge in [0.05, 0.1) is 12.0 Å². The van der Waals surface area contributed by atoms with E-state index in [0.717, 1.165) is 5.33 Å². The smallest absolute Gasteiger partial charge is 0.0742 e. The molecule has 0 aliphatic heterocycles. The Kier molecular flexibility index (Phi) is 2.51. The van der Waals surface area contributed by atoms with Gasteiger partial charge in [0.2, 0.25) is 0 Å². The lowest BCUT2D eigenvalue weighted by atomic mass is 9.77. The third-order valence-electron chi connectivity index (χ3n) is 2.03. The van der Waals surface area contributed by atoms with Crippen LogP contribution in [0.2, 0.25) is 0 Å². The third kappa shape index (κ3) is 1.54. The Balaban J connectivity index is 2.88. The Hall–Kier alpha value is -0.550. The molecule has 58 valence electrons. The van der Waals surface area contributed by atoms with E-state index in [4.69, 9.17) is 5.26 Å². The highest BCUT2D eigenvalue weighted by atomic mass is 79.9. The Labute approximate surface area is 75.5 Å². The average Bonchev–Trinajstić information content (AvgIpc) is 2.05. The molecule has 0 N–H and O–H groups in total. The highest BCUT2D eigenvalue weighted by Gasteiger charge is 2.30. The third-order valence-corrected chi connectivity index (χ3v) is 3.24. The first-order valence-corrected chi connectivity index (χ1v) is 4.67. The SMILES string of the molecule is CC1(CBr)C=CC=CC1C#N. The van der Waals surface area contributed by atoms with Crippen molar-refractivity contribution in [1.82, 2.24) is 0 Å². The van der Waals surface area contributed by atoms with Gasteiger partial charge in [0.15, 0.2) is 0 Å². The van der Waals surface area contributed by atoms with E-state index in [1.165, 1.54) is 0 Å². The summed E-state index contributed by atoms with van der Waals surface area (Å²) < 4.78 is 0. The molecule has 0 amide bonds. The number of alkyl halides is 1. The van der Waals surface area contributed by atoms with Crippen LogP contribution in [0, 0.1) is 22.7 Å². The number of nitriles is 1. The van der Waals surface area contributed by atoms with E-state index < -0.39 is 0 Å². The summed E-state index contributed by atoms with van der Waals surface area (Å²) in [5.74, 6) is 0.00637. The first-order chi connectivity index (χ1) is 5.23. The van der Waals surface area contributed by atoms with Crippen molar-refractivity contribution < 1.29 is 0 Å². The molecule has 0 saturated heterocycles. The van der Waals surface area contributed by atoms with E-state index in [1.807, 2.05) is 18.2 Å². The predicted molar refractivity (Wildman–Crippen MR) is 49.3 cm³/mol. The fourth-order valence-electron chi connectivity index (χ4n) is 1.09. The molecule has 0 aromatic rings. The maximum Gasteiger partial charge on any atom is 0.0742 e. The van der Waals surface area contributed by atoms with Gasteiger partial charge in [-0.2, -0.15) is 5.26 Å². The summed E-state index contributed by atoms with van der Waals surface area (Å²) in [5, 5.41) is 9.63. The van der Waals surface area contributed by atoms with Crippen LogP contribution in [0.4, 0.5) is 0 Å². The van der Waals surface area contributed by atoms with E-state index in [1.54, 1.807) is 0 Å². The fraction of sp³-hybridized carbons (Fsp3) is 0.444. The highest BCUT2D eigenvalue weighted by Crippen LogP contribution is 2.34. The van der Waals surface area contributed by atoms with Crippen molar-refractivity contribution in [2.75, 3.05) is 5.33 Å². The van der Waals surface area contributed by atoms with Gasteiger partial charge in [-0.15, -0.1) is 0 Å². The predicted octanol–water partition coefficient (Wildman–Crippen LogP) is 2.65. The first kappa shape index (κ1) is 8.55. The van der Waals surface area contributed by atoms with Gasteiger partial charge in [0, 0.05) is 10.7 Å². The standard InChI is InChI=1S/C9H10BrN/c1-9(7-10)5-3-2-4-8(9)6-11/h2-5,8H,7H2,1H3. The van der Waals surface area contributed by atoms with Crippen LogP contribution in [-0.4, -0.2) is 5.33 Å². The molecule has 11 heavy (non-hydrogen) atoms. The molecule has 2 unspecified atom stereocenters. The summed E-state index contributed by atoms with van der Waals surface area (Å²) in [4.78, 5) is 0. The van der Waals surface area contributed by atoms with Crippen molar-refractivity contribution in [2.24, 2.45) is 11.3 Å². The minimum absolute atomic E-state index is 0.00637. The van der Waals surface area contributed by atoms with Gasteiger partial charge in [-0.1, -0.05) is 47.2 Å². The van der Waals surface area contributed by atoms with Crippen LogP contribution in [0.25, 0.3) is 0 Å². The quantitative estimate of drug-likeness (QED) is 0.613. The van der Waals surface area contributed by atoms with Crippen LogP contribution in [0.15, 0.2) is 24.3 Å². The lowest BCUT2D eigenvalue weighted by Crippen LogP contribution is -2.25. The molecular formula is C9H10BrN. The monoisotopic (exact) mass is 211 g/mol. The topological polar surface area (TPSA) is 23.8 Å². The van der Waals surface area contributed by atoms with Gasteiger partial charge < -0.3 is 0 Å². The summed E-state index contributed by atoms with van der Waals surface area (Å²) in [7, 11) is 0. The zero-order valence-electron chi connectivity index (χ0n) is 6.42. The minimum atomic E-state index is -0.0243. The second-order valence-corrected chi connectivity index (χ2v) is 3.55. The zero-order valence-corrected chi connectivity index (χ0v) is 8.01. The van der Waals surface area contributed by atoms with E-state index in [2.05, 4.69) is 35.0 Å². The molecular weight excluding hydrogens is 202 g/mol. The van der Waals surface area contributed by atoms with Crippen molar-refractivity contribution in [3.63, 3.8) is 0 Å². The van der Waals surface area contributed by atoms with Crippen molar-refractivity contribution in [3.8, 4) is 6.07 Å². The molecule has 0 fully saturated rings. The number of rotatable bonds is 1. The van der Waals surface area contributed by atoms with Crippen LogP contribution in [0.1, 0.15) is 6.92 Å². The number of allylic oxidation sites excluding steroid dienone is 4. The van der Waals surface area contributed by atoms with Gasteiger partial charge in [-0.25, -0.2) is 0 Å². The second-order valence-electron chi connectivity index (χ2n) is 2.99. The second kappa shape index (κ2) is 3.23. The Morgan fingerprint density at radius 2 is 2.36 bits per heavy atom. The molecule has 0 saturated carbocycles. The van der Waals surface area contributed by atoms with E-state index in [-0.39, 0.29) is 11.3 Å². The molecule has 0 aromatic heterocycles. The zero-order chi connectivity index (χ0) is 8.32. The highest BCUT2D eigenvalue weighted by molar-refractivity contribution is 9.09. The largest absolute Gasteiger partial charge is 0.198 e. The summed E-state index contributed by atoms with van der Waals surface area (Å²) >= 11 is 3.41. The van der Waals surface area contributed by atoms with Gasteiger partial charge in [0.25, 0.3) is 0 Å². The molecule has 0 spiro atoms. The molecule has 0 aromatic carbocycles. The first-order valence-electron chi connectivity index (χ1n) is 3.54. The maximum atomic E-state index is 8.80. The molecule has 1 rings (SSSR count). The van der Waals surface area contributed by atoms with Crippen molar-refractivity contribution >= 4 is 15.9 Å². The van der Waals surface area contributed by atoms with Crippen LogP contribution >= 0.6 is 15.9 Å². The Morgan fingerprint density at radius 3 is 2.82 bits per heavy atom. The van der Waals surface area contributed by atoms with Crippen molar-refractivity contribution in [2.45, 2.75) is 6.92 Å². The van der Waals surface area contributed by atoms with E-state index in [0.29, 0.717) is 0 Å². The molecule has 2 heteroatoms. The molecule has 0 radical (unpaired) electrons. The van der Waals surface area contributed by atoms with E-state index >= 15 is 0 Å².